The maximum Gasteiger partial charge on any atom is 0.254 e. The number of amides is 1. The third-order valence-corrected chi connectivity index (χ3v) is 3.57. The Balaban J connectivity index is 1.77. The highest BCUT2D eigenvalue weighted by molar-refractivity contribution is 6.04. The van der Waals surface area contributed by atoms with Gasteiger partial charge in [-0.3, -0.25) is 9.59 Å². The molecule has 0 saturated carbocycles. The van der Waals surface area contributed by atoms with E-state index in [1.54, 1.807) is 11.0 Å². The Bertz CT molecular complexity index is 691. The van der Waals surface area contributed by atoms with Crippen molar-refractivity contribution in [2.45, 2.75) is 13.5 Å². The van der Waals surface area contributed by atoms with Crippen LogP contribution in [0.15, 0.2) is 48.5 Å². The number of fused-ring (bicyclic) bond motifs is 1. The number of hydrogen-bond donors (Lipinski definition) is 0. The third kappa shape index (κ3) is 2.23. The lowest BCUT2D eigenvalue weighted by atomic mass is 10.1. The summed E-state index contributed by atoms with van der Waals surface area (Å²) in [6.07, 6.45) is 0. The Kier molecular flexibility index (Phi) is 3.11. The summed E-state index contributed by atoms with van der Waals surface area (Å²) in [5, 5.41) is 0. The lowest BCUT2D eigenvalue weighted by Crippen LogP contribution is -2.30. The molecule has 0 bridgehead atoms. The quantitative estimate of drug-likeness (QED) is 0.800. The molecule has 0 N–H and O–H groups in total. The highest BCUT2D eigenvalue weighted by Crippen LogP contribution is 2.22. The SMILES string of the molecule is Cc1cccc(C(=O)CN2Cc3ccccc3C2=O)c1. The summed E-state index contributed by atoms with van der Waals surface area (Å²) in [6, 6.07) is 15.0. The fourth-order valence-electron chi connectivity index (χ4n) is 2.53. The zero-order valence-electron chi connectivity index (χ0n) is 11.3. The number of ketones is 1. The van der Waals surface area contributed by atoms with E-state index >= 15 is 0 Å². The molecule has 1 aliphatic heterocycles. The monoisotopic (exact) mass is 265 g/mol. The molecule has 100 valence electrons. The maximum atomic E-state index is 12.3. The normalized spacial score (nSPS) is 13.4. The van der Waals surface area contributed by atoms with Crippen molar-refractivity contribution in [3.63, 3.8) is 0 Å². The van der Waals surface area contributed by atoms with Crippen molar-refractivity contribution >= 4 is 11.7 Å². The summed E-state index contributed by atoms with van der Waals surface area (Å²) in [5.41, 5.74) is 3.42. The second-order valence-electron chi connectivity index (χ2n) is 5.11. The highest BCUT2D eigenvalue weighted by atomic mass is 16.2. The average molecular weight is 265 g/mol. The number of rotatable bonds is 3. The first kappa shape index (κ1) is 12.6. The Morgan fingerprint density at radius 2 is 1.95 bits per heavy atom. The van der Waals surface area contributed by atoms with Gasteiger partial charge in [0, 0.05) is 17.7 Å². The predicted octanol–water partition coefficient (Wildman–Crippen LogP) is 2.83. The molecular formula is C17H15NO2. The van der Waals surface area contributed by atoms with E-state index in [0.29, 0.717) is 17.7 Å². The number of benzene rings is 2. The minimum absolute atomic E-state index is 0.0187. The minimum atomic E-state index is -0.0541. The largest absolute Gasteiger partial charge is 0.327 e. The zero-order chi connectivity index (χ0) is 14.1. The molecule has 1 amide bonds. The van der Waals surface area contributed by atoms with E-state index in [1.807, 2.05) is 49.4 Å². The fraction of sp³-hybridized carbons (Fsp3) is 0.176. The number of aryl methyl sites for hydroxylation is 1. The molecular weight excluding hydrogens is 250 g/mol. The lowest BCUT2D eigenvalue weighted by Gasteiger charge is -2.14. The van der Waals surface area contributed by atoms with Crippen LogP contribution in [0, 0.1) is 6.92 Å². The fourth-order valence-corrected chi connectivity index (χ4v) is 2.53. The summed E-state index contributed by atoms with van der Waals surface area (Å²) in [5.74, 6) is -0.0727. The van der Waals surface area contributed by atoms with Gasteiger partial charge in [-0.2, -0.15) is 0 Å². The summed E-state index contributed by atoms with van der Waals surface area (Å²) in [4.78, 5) is 26.1. The van der Waals surface area contributed by atoms with Crippen molar-refractivity contribution in [3.05, 3.63) is 70.8 Å². The molecule has 3 rings (SSSR count). The third-order valence-electron chi connectivity index (χ3n) is 3.57. The molecule has 3 heteroatoms. The first-order valence-corrected chi connectivity index (χ1v) is 6.62. The van der Waals surface area contributed by atoms with Crippen LogP contribution in [0.5, 0.6) is 0 Å². The molecule has 0 atom stereocenters. The smallest absolute Gasteiger partial charge is 0.254 e. The Morgan fingerprint density at radius 1 is 1.15 bits per heavy atom. The van der Waals surface area contributed by atoms with E-state index in [4.69, 9.17) is 0 Å². The predicted molar refractivity (Wildman–Crippen MR) is 76.7 cm³/mol. The van der Waals surface area contributed by atoms with Crippen LogP contribution in [-0.2, 0) is 6.54 Å². The summed E-state index contributed by atoms with van der Waals surface area (Å²) in [7, 11) is 0. The Hall–Kier alpha value is -2.42. The number of nitrogens with zero attached hydrogens (tertiary/aromatic N) is 1. The van der Waals surface area contributed by atoms with Gasteiger partial charge in [-0.15, -0.1) is 0 Å². The van der Waals surface area contributed by atoms with Crippen LogP contribution in [0.1, 0.15) is 31.8 Å². The van der Waals surface area contributed by atoms with Crippen LogP contribution in [0.3, 0.4) is 0 Å². The first-order valence-electron chi connectivity index (χ1n) is 6.62. The molecule has 0 aromatic heterocycles. The van der Waals surface area contributed by atoms with E-state index in [9.17, 15) is 9.59 Å². The van der Waals surface area contributed by atoms with E-state index in [-0.39, 0.29) is 18.2 Å². The molecule has 0 radical (unpaired) electrons. The second kappa shape index (κ2) is 4.93. The summed E-state index contributed by atoms with van der Waals surface area (Å²) >= 11 is 0. The highest BCUT2D eigenvalue weighted by Gasteiger charge is 2.28. The average Bonchev–Trinajstić information content (AvgIpc) is 2.76. The number of hydrogen-bond acceptors (Lipinski definition) is 2. The van der Waals surface area contributed by atoms with Crippen molar-refractivity contribution in [3.8, 4) is 0 Å². The molecule has 2 aromatic carbocycles. The van der Waals surface area contributed by atoms with Crippen LogP contribution in [0.2, 0.25) is 0 Å². The van der Waals surface area contributed by atoms with E-state index in [0.717, 1.165) is 11.1 Å². The minimum Gasteiger partial charge on any atom is -0.327 e. The van der Waals surface area contributed by atoms with Gasteiger partial charge in [-0.1, -0.05) is 42.0 Å². The molecule has 1 aliphatic rings. The van der Waals surface area contributed by atoms with Gasteiger partial charge in [-0.05, 0) is 24.6 Å². The van der Waals surface area contributed by atoms with Crippen LogP contribution < -0.4 is 0 Å². The number of Topliss-reactive ketones (excluding diaryl/α,β-unsaturated/α-hetero) is 1. The number of carbonyl (C=O) groups excluding carboxylic acids is 2. The van der Waals surface area contributed by atoms with Crippen molar-refractivity contribution in [1.29, 1.82) is 0 Å². The van der Waals surface area contributed by atoms with Crippen LogP contribution in [0.25, 0.3) is 0 Å². The molecule has 2 aromatic rings. The zero-order valence-corrected chi connectivity index (χ0v) is 11.3. The standard InChI is InChI=1S/C17H15NO2/c1-12-5-4-7-13(9-12)16(19)11-18-10-14-6-2-3-8-15(14)17(18)20/h2-9H,10-11H2,1H3. The van der Waals surface area contributed by atoms with Crippen molar-refractivity contribution in [2.24, 2.45) is 0 Å². The second-order valence-corrected chi connectivity index (χ2v) is 5.11. The van der Waals surface area contributed by atoms with Crippen LogP contribution in [0.4, 0.5) is 0 Å². The van der Waals surface area contributed by atoms with E-state index in [1.165, 1.54) is 0 Å². The Morgan fingerprint density at radius 3 is 2.70 bits per heavy atom. The van der Waals surface area contributed by atoms with Crippen molar-refractivity contribution in [1.82, 2.24) is 4.90 Å². The van der Waals surface area contributed by atoms with E-state index < -0.39 is 0 Å². The number of carbonyl (C=O) groups is 2. The van der Waals surface area contributed by atoms with Gasteiger partial charge in [0.15, 0.2) is 5.78 Å². The molecule has 20 heavy (non-hydrogen) atoms. The van der Waals surface area contributed by atoms with Gasteiger partial charge >= 0.3 is 0 Å². The molecule has 3 nitrogen and oxygen atoms in total. The lowest BCUT2D eigenvalue weighted by molar-refractivity contribution is 0.0729. The Labute approximate surface area is 117 Å². The molecule has 0 aliphatic carbocycles. The molecule has 0 unspecified atom stereocenters. The molecule has 1 heterocycles. The van der Waals surface area contributed by atoms with E-state index in [2.05, 4.69) is 0 Å². The topological polar surface area (TPSA) is 37.4 Å². The first-order chi connectivity index (χ1) is 9.65. The van der Waals surface area contributed by atoms with Crippen LogP contribution >= 0.6 is 0 Å². The summed E-state index contributed by atoms with van der Waals surface area (Å²) < 4.78 is 0. The summed E-state index contributed by atoms with van der Waals surface area (Å²) in [6.45, 7) is 2.61. The molecule has 0 saturated heterocycles. The molecule has 0 fully saturated rings. The van der Waals surface area contributed by atoms with Crippen molar-refractivity contribution in [2.75, 3.05) is 6.54 Å². The van der Waals surface area contributed by atoms with Gasteiger partial charge in [0.05, 0.1) is 6.54 Å². The van der Waals surface area contributed by atoms with Crippen molar-refractivity contribution < 1.29 is 9.59 Å². The van der Waals surface area contributed by atoms with Gasteiger partial charge in [-0.25, -0.2) is 0 Å². The maximum absolute atomic E-state index is 12.3. The van der Waals surface area contributed by atoms with Gasteiger partial charge in [0.25, 0.3) is 5.91 Å². The van der Waals surface area contributed by atoms with Crippen LogP contribution in [-0.4, -0.2) is 23.1 Å². The van der Waals surface area contributed by atoms with Gasteiger partial charge < -0.3 is 4.90 Å². The molecule has 0 spiro atoms. The van der Waals surface area contributed by atoms with Gasteiger partial charge in [0.2, 0.25) is 0 Å². The van der Waals surface area contributed by atoms with Gasteiger partial charge in [0.1, 0.15) is 0 Å².